The van der Waals surface area contributed by atoms with Crippen LogP contribution in [0, 0.1) is 0 Å². The number of ether oxygens (including phenoxy) is 1. The average Bonchev–Trinajstić information content (AvgIpc) is 3.34. The van der Waals surface area contributed by atoms with Gasteiger partial charge in [-0.05, 0) is 37.1 Å². The van der Waals surface area contributed by atoms with Crippen molar-refractivity contribution >= 4 is 5.69 Å². The van der Waals surface area contributed by atoms with Gasteiger partial charge in [0.25, 0.3) is 0 Å². The van der Waals surface area contributed by atoms with Crippen molar-refractivity contribution in [2.75, 3.05) is 38.2 Å². The average molecular weight is 298 g/mol. The smallest absolute Gasteiger partial charge is 0.119 e. The second kappa shape index (κ2) is 5.65. The molecule has 1 aromatic carbocycles. The Hall–Kier alpha value is -2.01. The number of benzene rings is 1. The molecule has 2 fully saturated rings. The van der Waals surface area contributed by atoms with Crippen molar-refractivity contribution in [2.45, 2.75) is 18.8 Å². The molecule has 0 radical (unpaired) electrons. The van der Waals surface area contributed by atoms with Crippen molar-refractivity contribution < 1.29 is 4.74 Å². The Kier molecular flexibility index (Phi) is 3.50. The molecule has 116 valence electrons. The van der Waals surface area contributed by atoms with Crippen molar-refractivity contribution in [3.8, 4) is 11.4 Å². The highest BCUT2D eigenvalue weighted by Crippen LogP contribution is 2.45. The number of methoxy groups -OCH3 is 1. The summed E-state index contributed by atoms with van der Waals surface area (Å²) in [6, 6.07) is 8.16. The van der Waals surface area contributed by atoms with Gasteiger partial charge in [0.1, 0.15) is 5.75 Å². The van der Waals surface area contributed by atoms with E-state index in [0.717, 1.165) is 37.6 Å². The molecule has 5 nitrogen and oxygen atoms in total. The van der Waals surface area contributed by atoms with Crippen LogP contribution in [0.25, 0.3) is 5.69 Å². The van der Waals surface area contributed by atoms with Gasteiger partial charge in [-0.2, -0.15) is 5.10 Å². The summed E-state index contributed by atoms with van der Waals surface area (Å²) in [5.74, 6) is 1.54. The first-order chi connectivity index (χ1) is 10.9. The van der Waals surface area contributed by atoms with E-state index in [0.29, 0.717) is 5.92 Å². The van der Waals surface area contributed by atoms with Gasteiger partial charge in [0.15, 0.2) is 0 Å². The summed E-state index contributed by atoms with van der Waals surface area (Å²) in [6.07, 6.45) is 4.60. The fraction of sp³-hybridized carbons (Fsp3) is 0.471. The molecule has 2 heterocycles. The maximum Gasteiger partial charge on any atom is 0.119 e. The highest BCUT2D eigenvalue weighted by atomic mass is 16.5. The summed E-state index contributed by atoms with van der Waals surface area (Å²) in [5, 5.41) is 8.11. The molecule has 1 aromatic heterocycles. The second-order valence-electron chi connectivity index (χ2n) is 6.04. The Morgan fingerprint density at radius 3 is 2.50 bits per heavy atom. The van der Waals surface area contributed by atoms with E-state index in [1.54, 1.807) is 7.11 Å². The summed E-state index contributed by atoms with van der Waals surface area (Å²) < 4.78 is 7.37. The number of hydrogen-bond donors (Lipinski definition) is 1. The number of aromatic nitrogens is 2. The fourth-order valence-electron chi connectivity index (χ4n) is 3.17. The third kappa shape index (κ3) is 2.46. The van der Waals surface area contributed by atoms with E-state index in [1.165, 1.54) is 24.2 Å². The van der Waals surface area contributed by atoms with Crippen LogP contribution in [0.2, 0.25) is 0 Å². The monoisotopic (exact) mass is 298 g/mol. The lowest BCUT2D eigenvalue weighted by Gasteiger charge is -2.29. The molecule has 0 amide bonds. The van der Waals surface area contributed by atoms with Crippen molar-refractivity contribution in [1.29, 1.82) is 0 Å². The Labute approximate surface area is 130 Å². The van der Waals surface area contributed by atoms with Crippen LogP contribution < -0.4 is 15.0 Å². The van der Waals surface area contributed by atoms with Crippen LogP contribution in [-0.2, 0) is 0 Å². The Morgan fingerprint density at radius 1 is 1.14 bits per heavy atom. The number of rotatable bonds is 4. The van der Waals surface area contributed by atoms with Crippen LogP contribution in [0.1, 0.15) is 24.5 Å². The quantitative estimate of drug-likeness (QED) is 0.939. The molecule has 0 unspecified atom stereocenters. The lowest BCUT2D eigenvalue weighted by Crippen LogP contribution is -2.43. The highest BCUT2D eigenvalue weighted by molar-refractivity contribution is 5.56. The predicted octanol–water partition coefficient (Wildman–Crippen LogP) is 2.17. The SMILES string of the molecule is COc1ccc(-n2ncc(N3CCNCC3)c2C2CC2)cc1. The minimum atomic E-state index is 0.662. The largest absolute Gasteiger partial charge is 0.497 e. The summed E-state index contributed by atoms with van der Waals surface area (Å²) in [4.78, 5) is 2.47. The zero-order valence-corrected chi connectivity index (χ0v) is 13.0. The summed E-state index contributed by atoms with van der Waals surface area (Å²) in [5.41, 5.74) is 3.82. The van der Waals surface area contributed by atoms with Gasteiger partial charge in [-0.25, -0.2) is 4.68 Å². The van der Waals surface area contributed by atoms with E-state index in [4.69, 9.17) is 9.84 Å². The van der Waals surface area contributed by atoms with Gasteiger partial charge in [0.05, 0.1) is 30.4 Å². The molecule has 4 rings (SSSR count). The minimum absolute atomic E-state index is 0.662. The molecule has 1 aliphatic carbocycles. The molecular formula is C17H22N4O. The molecule has 0 atom stereocenters. The van der Waals surface area contributed by atoms with Crippen LogP contribution in [0.5, 0.6) is 5.75 Å². The first kappa shape index (κ1) is 13.6. The maximum absolute atomic E-state index is 5.25. The van der Waals surface area contributed by atoms with Crippen molar-refractivity contribution in [3.05, 3.63) is 36.2 Å². The van der Waals surface area contributed by atoms with E-state index in [2.05, 4.69) is 27.0 Å². The zero-order chi connectivity index (χ0) is 14.9. The van der Waals surface area contributed by atoms with Gasteiger partial charge in [-0.15, -0.1) is 0 Å². The summed E-state index contributed by atoms with van der Waals surface area (Å²) in [7, 11) is 1.70. The lowest BCUT2D eigenvalue weighted by atomic mass is 10.2. The molecule has 5 heteroatoms. The summed E-state index contributed by atoms with van der Waals surface area (Å²) in [6.45, 7) is 4.23. The standard InChI is InChI=1S/C17H22N4O/c1-22-15-6-4-14(5-7-15)21-17(13-2-3-13)16(12-19-21)20-10-8-18-9-11-20/h4-7,12-13,18H,2-3,8-11H2,1H3. The second-order valence-corrected chi connectivity index (χ2v) is 6.04. The van der Waals surface area contributed by atoms with Gasteiger partial charge in [0, 0.05) is 32.1 Å². The third-order valence-corrected chi connectivity index (χ3v) is 4.52. The third-order valence-electron chi connectivity index (χ3n) is 4.52. The fourth-order valence-corrected chi connectivity index (χ4v) is 3.17. The highest BCUT2D eigenvalue weighted by Gasteiger charge is 2.32. The number of anilines is 1. The van der Waals surface area contributed by atoms with Crippen molar-refractivity contribution in [2.24, 2.45) is 0 Å². The Bertz CT molecular complexity index is 639. The first-order valence-electron chi connectivity index (χ1n) is 8.05. The van der Waals surface area contributed by atoms with Crippen LogP contribution in [-0.4, -0.2) is 43.1 Å². The van der Waals surface area contributed by atoms with E-state index in [-0.39, 0.29) is 0 Å². The number of nitrogens with one attached hydrogen (secondary N) is 1. The number of piperazine rings is 1. The normalized spacial score (nSPS) is 18.5. The Balaban J connectivity index is 1.71. The molecule has 0 bridgehead atoms. The summed E-state index contributed by atoms with van der Waals surface area (Å²) >= 11 is 0. The van der Waals surface area contributed by atoms with E-state index < -0.39 is 0 Å². The van der Waals surface area contributed by atoms with Crippen LogP contribution in [0.3, 0.4) is 0 Å². The molecule has 2 aliphatic rings. The van der Waals surface area contributed by atoms with Gasteiger partial charge in [0.2, 0.25) is 0 Å². The van der Waals surface area contributed by atoms with Gasteiger partial charge >= 0.3 is 0 Å². The zero-order valence-electron chi connectivity index (χ0n) is 13.0. The van der Waals surface area contributed by atoms with Crippen molar-refractivity contribution in [1.82, 2.24) is 15.1 Å². The molecule has 2 aromatic rings. The van der Waals surface area contributed by atoms with E-state index in [1.807, 2.05) is 18.3 Å². The minimum Gasteiger partial charge on any atom is -0.497 e. The predicted molar refractivity (Wildman–Crippen MR) is 87.2 cm³/mol. The van der Waals surface area contributed by atoms with E-state index in [9.17, 15) is 0 Å². The number of nitrogens with zero attached hydrogens (tertiary/aromatic N) is 3. The Morgan fingerprint density at radius 2 is 1.86 bits per heavy atom. The maximum atomic E-state index is 5.25. The molecule has 1 saturated carbocycles. The molecule has 1 aliphatic heterocycles. The van der Waals surface area contributed by atoms with Gasteiger partial charge in [-0.1, -0.05) is 0 Å². The topological polar surface area (TPSA) is 42.3 Å². The molecule has 22 heavy (non-hydrogen) atoms. The van der Waals surface area contributed by atoms with Crippen LogP contribution in [0.4, 0.5) is 5.69 Å². The van der Waals surface area contributed by atoms with E-state index >= 15 is 0 Å². The van der Waals surface area contributed by atoms with Crippen molar-refractivity contribution in [3.63, 3.8) is 0 Å². The molecule has 0 spiro atoms. The van der Waals surface area contributed by atoms with Gasteiger partial charge < -0.3 is 15.0 Å². The molecule has 1 N–H and O–H groups in total. The molecular weight excluding hydrogens is 276 g/mol. The number of hydrogen-bond acceptors (Lipinski definition) is 4. The van der Waals surface area contributed by atoms with Crippen LogP contribution in [0.15, 0.2) is 30.5 Å². The lowest BCUT2D eigenvalue weighted by molar-refractivity contribution is 0.414. The molecule has 1 saturated heterocycles. The van der Waals surface area contributed by atoms with Gasteiger partial charge in [-0.3, -0.25) is 0 Å². The van der Waals surface area contributed by atoms with Crippen LogP contribution >= 0.6 is 0 Å². The first-order valence-corrected chi connectivity index (χ1v) is 8.05.